The van der Waals surface area contributed by atoms with Crippen molar-refractivity contribution in [1.82, 2.24) is 20.4 Å². The number of amides is 1. The van der Waals surface area contributed by atoms with Crippen molar-refractivity contribution in [3.8, 4) is 11.4 Å². The molecule has 0 aliphatic carbocycles. The van der Waals surface area contributed by atoms with Crippen LogP contribution in [0.25, 0.3) is 11.4 Å². The summed E-state index contributed by atoms with van der Waals surface area (Å²) in [6, 6.07) is 3.65. The second-order valence-corrected chi connectivity index (χ2v) is 6.14. The summed E-state index contributed by atoms with van der Waals surface area (Å²) >= 11 is 0. The summed E-state index contributed by atoms with van der Waals surface area (Å²) in [5, 5.41) is 6.46. The van der Waals surface area contributed by atoms with E-state index in [1.807, 2.05) is 0 Å². The van der Waals surface area contributed by atoms with Crippen LogP contribution in [0, 0.1) is 0 Å². The summed E-state index contributed by atoms with van der Waals surface area (Å²) in [5.74, 6) is -0.517. The zero-order valence-corrected chi connectivity index (χ0v) is 14.8. The van der Waals surface area contributed by atoms with Crippen molar-refractivity contribution >= 4 is 11.9 Å². The maximum atomic E-state index is 12.7. The molecule has 8 nitrogen and oxygen atoms in total. The fourth-order valence-electron chi connectivity index (χ4n) is 2.83. The molecule has 1 aliphatic heterocycles. The Hall–Kier alpha value is -2.95. The number of benzene rings is 1. The number of nitrogens with zero attached hydrogens (tertiary/aromatic N) is 3. The number of piperazine rings is 1. The molecule has 0 radical (unpaired) electrons. The Morgan fingerprint density at radius 1 is 1.36 bits per heavy atom. The van der Waals surface area contributed by atoms with Gasteiger partial charge >= 0.3 is 12.1 Å². The predicted octanol–water partition coefficient (Wildman–Crippen LogP) is 1.62. The van der Waals surface area contributed by atoms with E-state index in [0.717, 1.165) is 12.1 Å². The smallest absolute Gasteiger partial charge is 0.416 e. The number of carbonyl (C=O) groups is 2. The van der Waals surface area contributed by atoms with E-state index in [-0.39, 0.29) is 30.6 Å². The van der Waals surface area contributed by atoms with Gasteiger partial charge in [-0.25, -0.2) is 0 Å². The van der Waals surface area contributed by atoms with Crippen molar-refractivity contribution in [3.63, 3.8) is 0 Å². The van der Waals surface area contributed by atoms with Crippen molar-refractivity contribution in [1.29, 1.82) is 0 Å². The Bertz CT molecular complexity index is 851. The standard InChI is InChI=1S/C17H17F3N4O4/c1-27-14(25)8-12-16(26)21-6-7-24(12)9-13-22-15(23-28-13)10-2-4-11(5-3-10)17(18,19)20/h2-5,12H,6-9H2,1H3,(H,21,26)/t12-/m1/s1. The number of hydrogen-bond donors (Lipinski definition) is 1. The van der Waals surface area contributed by atoms with Gasteiger partial charge in [-0.15, -0.1) is 0 Å². The molecule has 2 heterocycles. The summed E-state index contributed by atoms with van der Waals surface area (Å²) in [7, 11) is 1.24. The summed E-state index contributed by atoms with van der Waals surface area (Å²) in [6.45, 7) is 0.977. The van der Waals surface area contributed by atoms with E-state index >= 15 is 0 Å². The fourth-order valence-corrected chi connectivity index (χ4v) is 2.83. The van der Waals surface area contributed by atoms with Gasteiger partial charge in [0.05, 0.1) is 25.6 Å². The van der Waals surface area contributed by atoms with Crippen molar-refractivity contribution in [2.45, 2.75) is 25.2 Å². The molecule has 0 unspecified atom stereocenters. The quantitative estimate of drug-likeness (QED) is 0.765. The molecular weight excluding hydrogens is 381 g/mol. The SMILES string of the molecule is COC(=O)C[C@@H]1C(=O)NCCN1Cc1nc(-c2ccc(C(F)(F)F)cc2)no1. The Kier molecular flexibility index (Phi) is 5.63. The van der Waals surface area contributed by atoms with Gasteiger partial charge < -0.3 is 14.6 Å². The summed E-state index contributed by atoms with van der Waals surface area (Å²) < 4.78 is 47.7. The van der Waals surface area contributed by atoms with Crippen LogP contribution >= 0.6 is 0 Å². The second kappa shape index (κ2) is 7.97. The van der Waals surface area contributed by atoms with Crippen molar-refractivity contribution in [2.75, 3.05) is 20.2 Å². The Balaban J connectivity index is 1.72. The first-order valence-corrected chi connectivity index (χ1v) is 8.36. The maximum absolute atomic E-state index is 12.7. The number of halogens is 3. The zero-order chi connectivity index (χ0) is 20.3. The van der Waals surface area contributed by atoms with Crippen LogP contribution in [0.5, 0.6) is 0 Å². The highest BCUT2D eigenvalue weighted by molar-refractivity contribution is 5.87. The average molecular weight is 398 g/mol. The van der Waals surface area contributed by atoms with Gasteiger partial charge in [0.1, 0.15) is 6.04 Å². The molecule has 0 spiro atoms. The lowest BCUT2D eigenvalue weighted by Crippen LogP contribution is -2.55. The number of aromatic nitrogens is 2. The number of carbonyl (C=O) groups excluding carboxylic acids is 2. The van der Waals surface area contributed by atoms with E-state index in [9.17, 15) is 22.8 Å². The van der Waals surface area contributed by atoms with Crippen molar-refractivity contribution < 1.29 is 32.0 Å². The van der Waals surface area contributed by atoms with Gasteiger partial charge in [-0.05, 0) is 12.1 Å². The van der Waals surface area contributed by atoms with Gasteiger partial charge in [-0.3, -0.25) is 14.5 Å². The fraction of sp³-hybridized carbons (Fsp3) is 0.412. The number of nitrogens with one attached hydrogen (secondary N) is 1. The topological polar surface area (TPSA) is 97.6 Å². The van der Waals surface area contributed by atoms with Crippen LogP contribution in [0.3, 0.4) is 0 Å². The van der Waals surface area contributed by atoms with Gasteiger partial charge in [0.2, 0.25) is 17.6 Å². The van der Waals surface area contributed by atoms with Crippen LogP contribution in [-0.4, -0.2) is 53.2 Å². The molecule has 1 N–H and O–H groups in total. The molecule has 1 amide bonds. The normalized spacial score (nSPS) is 18.0. The highest BCUT2D eigenvalue weighted by Crippen LogP contribution is 2.30. The minimum Gasteiger partial charge on any atom is -0.469 e. The van der Waals surface area contributed by atoms with E-state index in [2.05, 4.69) is 20.2 Å². The van der Waals surface area contributed by atoms with Gasteiger partial charge in [-0.2, -0.15) is 18.2 Å². The lowest BCUT2D eigenvalue weighted by Gasteiger charge is -2.33. The van der Waals surface area contributed by atoms with Crippen LogP contribution in [0.4, 0.5) is 13.2 Å². The Morgan fingerprint density at radius 3 is 2.71 bits per heavy atom. The van der Waals surface area contributed by atoms with E-state index in [1.54, 1.807) is 4.90 Å². The minimum absolute atomic E-state index is 0.114. The number of alkyl halides is 3. The van der Waals surface area contributed by atoms with Gasteiger partial charge in [0.25, 0.3) is 0 Å². The van der Waals surface area contributed by atoms with Crippen LogP contribution in [0.15, 0.2) is 28.8 Å². The molecule has 3 rings (SSSR count). The molecule has 2 aromatic rings. The minimum atomic E-state index is -4.43. The van der Waals surface area contributed by atoms with Crippen LogP contribution in [0.2, 0.25) is 0 Å². The maximum Gasteiger partial charge on any atom is 0.416 e. The predicted molar refractivity (Wildman–Crippen MR) is 88.6 cm³/mol. The van der Waals surface area contributed by atoms with Crippen molar-refractivity contribution in [3.05, 3.63) is 35.7 Å². The first-order chi connectivity index (χ1) is 13.3. The number of rotatable bonds is 5. The Labute approximate surface area is 157 Å². The van der Waals surface area contributed by atoms with Crippen molar-refractivity contribution in [2.24, 2.45) is 0 Å². The largest absolute Gasteiger partial charge is 0.469 e. The summed E-state index contributed by atoms with van der Waals surface area (Å²) in [5.41, 5.74) is -0.407. The average Bonchev–Trinajstić information content (AvgIpc) is 3.12. The molecule has 0 bridgehead atoms. The van der Waals surface area contributed by atoms with E-state index < -0.39 is 23.8 Å². The number of methoxy groups -OCH3 is 1. The molecule has 28 heavy (non-hydrogen) atoms. The van der Waals surface area contributed by atoms with E-state index in [1.165, 1.54) is 19.2 Å². The molecule has 1 aromatic heterocycles. The molecule has 1 aliphatic rings. The van der Waals surface area contributed by atoms with Crippen LogP contribution in [0.1, 0.15) is 17.9 Å². The summed E-state index contributed by atoms with van der Waals surface area (Å²) in [4.78, 5) is 29.5. The number of hydrogen-bond acceptors (Lipinski definition) is 7. The zero-order valence-electron chi connectivity index (χ0n) is 14.8. The molecule has 1 atom stereocenters. The number of ether oxygens (including phenoxy) is 1. The first-order valence-electron chi connectivity index (χ1n) is 8.36. The highest BCUT2D eigenvalue weighted by atomic mass is 19.4. The molecular formula is C17H17F3N4O4. The third-order valence-electron chi connectivity index (χ3n) is 4.31. The Morgan fingerprint density at radius 2 is 2.07 bits per heavy atom. The molecule has 0 saturated carbocycles. The molecule has 11 heteroatoms. The molecule has 150 valence electrons. The second-order valence-electron chi connectivity index (χ2n) is 6.14. The number of esters is 1. The highest BCUT2D eigenvalue weighted by Gasteiger charge is 2.33. The molecule has 1 saturated heterocycles. The van der Waals surface area contributed by atoms with Gasteiger partial charge in [0, 0.05) is 18.7 Å². The third-order valence-corrected chi connectivity index (χ3v) is 4.31. The monoisotopic (exact) mass is 398 g/mol. The van der Waals surface area contributed by atoms with Gasteiger partial charge in [-0.1, -0.05) is 17.3 Å². The molecule has 1 aromatic carbocycles. The summed E-state index contributed by atoms with van der Waals surface area (Å²) in [6.07, 6.45) is -4.55. The van der Waals surface area contributed by atoms with Crippen LogP contribution in [-0.2, 0) is 27.0 Å². The van der Waals surface area contributed by atoms with E-state index in [0.29, 0.717) is 18.7 Å². The lowest BCUT2D eigenvalue weighted by atomic mass is 10.1. The lowest BCUT2D eigenvalue weighted by molar-refractivity contribution is -0.146. The van der Waals surface area contributed by atoms with E-state index in [4.69, 9.17) is 4.52 Å². The molecule has 1 fully saturated rings. The van der Waals surface area contributed by atoms with Crippen LogP contribution < -0.4 is 5.32 Å². The third kappa shape index (κ3) is 4.47. The van der Waals surface area contributed by atoms with Gasteiger partial charge in [0.15, 0.2) is 0 Å². The first kappa shape index (κ1) is 19.8.